The molecule has 0 aromatic carbocycles. The van der Waals surface area contributed by atoms with Crippen molar-refractivity contribution in [1.82, 2.24) is 4.31 Å². The van der Waals surface area contributed by atoms with Crippen LogP contribution in [0.3, 0.4) is 0 Å². The minimum atomic E-state index is -3.35. The summed E-state index contributed by atoms with van der Waals surface area (Å²) in [6.07, 6.45) is 2.72. The molecule has 0 radical (unpaired) electrons. The molecule has 8 heteroatoms. The van der Waals surface area contributed by atoms with Gasteiger partial charge < -0.3 is 9.66 Å². The number of carboxylic acid groups (broad SMARTS) is 1. The van der Waals surface area contributed by atoms with Crippen LogP contribution in [0.4, 0.5) is 8.78 Å². The van der Waals surface area contributed by atoms with Crippen LogP contribution in [0.2, 0.25) is 0 Å². The van der Waals surface area contributed by atoms with Gasteiger partial charge in [0.25, 0.3) is 5.92 Å². The third-order valence-corrected chi connectivity index (χ3v) is 4.53. The molecule has 1 aliphatic rings. The second-order valence-electron chi connectivity index (χ2n) is 4.94. The van der Waals surface area contributed by atoms with E-state index < -0.39 is 47.1 Å². The topological polar surface area (TPSA) is 80.7 Å². The van der Waals surface area contributed by atoms with Crippen LogP contribution in [-0.4, -0.2) is 36.1 Å². The largest absolute Gasteiger partial charge is 0.755 e. The molecule has 2 unspecified atom stereocenters. The highest BCUT2D eigenvalue weighted by Gasteiger charge is 2.53. The molecule has 3 atom stereocenters. The number of hydrogen-bond acceptors (Lipinski definition) is 3. The molecule has 0 amide bonds. The van der Waals surface area contributed by atoms with Gasteiger partial charge in [-0.1, -0.05) is 24.8 Å². The maximum Gasteiger partial charge on any atom is 0.303 e. The molecule has 0 aliphatic carbocycles. The van der Waals surface area contributed by atoms with Crippen LogP contribution in [0.25, 0.3) is 0 Å². The van der Waals surface area contributed by atoms with E-state index in [-0.39, 0.29) is 12.1 Å². The number of carbonyl (C=O) groups is 1. The van der Waals surface area contributed by atoms with Crippen molar-refractivity contribution in [2.24, 2.45) is 5.92 Å². The second-order valence-corrected chi connectivity index (χ2v) is 5.76. The molecule has 1 rings (SSSR count). The predicted molar refractivity (Wildman–Crippen MR) is 77.6 cm³/mol. The fraction of sp³-hybridized carbons (Fsp3) is 0.500. The van der Waals surface area contributed by atoms with E-state index in [1.165, 1.54) is 19.9 Å². The molecule has 0 bridgehead atoms. The molecular weight excluding hydrogens is 316 g/mol. The van der Waals surface area contributed by atoms with E-state index >= 15 is 0 Å². The van der Waals surface area contributed by atoms with Gasteiger partial charge in [0.05, 0.1) is 5.70 Å². The Morgan fingerprint density at radius 1 is 1.59 bits per heavy atom. The third kappa shape index (κ3) is 3.44. The number of aliphatic carboxylic acids is 1. The molecule has 22 heavy (non-hydrogen) atoms. The van der Waals surface area contributed by atoms with Gasteiger partial charge in [0.2, 0.25) is 0 Å². The molecule has 1 N–H and O–H groups in total. The number of nitrogens with zero attached hydrogens (tertiary/aromatic N) is 1. The first kappa shape index (κ1) is 18.5. The number of allylic oxidation sites excluding steroid dienone is 4. The quantitative estimate of drug-likeness (QED) is 0.784. The van der Waals surface area contributed by atoms with Crippen LogP contribution in [0, 0.1) is 5.92 Å². The van der Waals surface area contributed by atoms with Gasteiger partial charge in [-0.15, -0.1) is 0 Å². The van der Waals surface area contributed by atoms with Gasteiger partial charge >= 0.3 is 5.97 Å². The van der Waals surface area contributed by atoms with Gasteiger partial charge in [0.1, 0.15) is 0 Å². The molecule has 0 saturated carbocycles. The standard InChI is InChI=1S/C14H19F2NO4S/c1-4-6-11-12(5-2)17(22(20)21)9(3)10(14(11,15)16)7-8-13(18)19/h4-6,9-10H,1,7-8H2,2-3H3,(H,18,19)(H,20,21)/p-1/b11-6?,12-5+/t9-,10?/m1/s1. The summed E-state index contributed by atoms with van der Waals surface area (Å²) in [6.45, 7) is 6.19. The lowest BCUT2D eigenvalue weighted by molar-refractivity contribution is -0.138. The Labute approximate surface area is 130 Å². The number of rotatable bonds is 5. The normalized spacial score (nSPS) is 29.6. The van der Waals surface area contributed by atoms with Crippen LogP contribution in [0.1, 0.15) is 26.7 Å². The van der Waals surface area contributed by atoms with E-state index in [1.807, 2.05) is 0 Å². The third-order valence-electron chi connectivity index (χ3n) is 3.68. The zero-order chi connectivity index (χ0) is 17.1. The number of hydrogen-bond donors (Lipinski definition) is 1. The number of carboxylic acids is 1. The smallest absolute Gasteiger partial charge is 0.303 e. The van der Waals surface area contributed by atoms with Crippen LogP contribution in [0.15, 0.2) is 36.1 Å². The summed E-state index contributed by atoms with van der Waals surface area (Å²) in [6, 6.07) is -1.05. The first-order chi connectivity index (χ1) is 10.2. The minimum Gasteiger partial charge on any atom is -0.755 e. The Morgan fingerprint density at radius 2 is 2.18 bits per heavy atom. The zero-order valence-corrected chi connectivity index (χ0v) is 13.1. The van der Waals surface area contributed by atoms with Crippen molar-refractivity contribution in [1.29, 1.82) is 0 Å². The Bertz CT molecular complexity index is 545. The van der Waals surface area contributed by atoms with E-state index in [0.29, 0.717) is 0 Å². The lowest BCUT2D eigenvalue weighted by atomic mass is 9.80. The maximum atomic E-state index is 14.7. The predicted octanol–water partition coefficient (Wildman–Crippen LogP) is 2.62. The Morgan fingerprint density at radius 3 is 2.59 bits per heavy atom. The molecular formula is C14H18F2NO4S-. The molecule has 0 spiro atoms. The minimum absolute atomic E-state index is 0.114. The SMILES string of the molecule is C=CC=C1/C(=C\C)N(S(=O)[O-])[C@H](C)C(CCC(=O)O)C1(F)F. The van der Waals surface area contributed by atoms with Gasteiger partial charge in [-0.05, 0) is 20.3 Å². The van der Waals surface area contributed by atoms with E-state index in [4.69, 9.17) is 5.11 Å². The average Bonchev–Trinajstić information content (AvgIpc) is 2.40. The van der Waals surface area contributed by atoms with Crippen LogP contribution >= 0.6 is 0 Å². The highest BCUT2D eigenvalue weighted by Crippen LogP contribution is 2.48. The van der Waals surface area contributed by atoms with E-state index in [1.54, 1.807) is 0 Å². The van der Waals surface area contributed by atoms with Crippen molar-refractivity contribution in [3.63, 3.8) is 0 Å². The summed E-state index contributed by atoms with van der Waals surface area (Å²) < 4.78 is 53.2. The summed E-state index contributed by atoms with van der Waals surface area (Å²) in [4.78, 5) is 10.7. The summed E-state index contributed by atoms with van der Waals surface area (Å²) >= 11 is -2.75. The van der Waals surface area contributed by atoms with E-state index in [0.717, 1.165) is 16.5 Å². The van der Waals surface area contributed by atoms with E-state index in [2.05, 4.69) is 6.58 Å². The summed E-state index contributed by atoms with van der Waals surface area (Å²) in [5, 5.41) is 8.72. The molecule has 5 nitrogen and oxygen atoms in total. The summed E-state index contributed by atoms with van der Waals surface area (Å²) in [5.74, 6) is -5.99. The highest BCUT2D eigenvalue weighted by atomic mass is 32.2. The first-order valence-corrected chi connectivity index (χ1v) is 7.69. The Balaban J connectivity index is 3.39. The van der Waals surface area contributed by atoms with Gasteiger partial charge in [-0.3, -0.25) is 13.3 Å². The lowest BCUT2D eigenvalue weighted by Gasteiger charge is -2.48. The summed E-state index contributed by atoms with van der Waals surface area (Å²) in [5.41, 5.74) is -0.583. The second kappa shape index (κ2) is 7.15. The molecule has 1 aliphatic heterocycles. The Kier molecular flexibility index (Phi) is 6.01. The van der Waals surface area contributed by atoms with Gasteiger partial charge in [-0.25, -0.2) is 8.78 Å². The van der Waals surface area contributed by atoms with Crippen molar-refractivity contribution in [3.05, 3.63) is 36.1 Å². The number of piperidine rings is 1. The molecule has 0 aromatic rings. The van der Waals surface area contributed by atoms with Crippen molar-refractivity contribution >= 4 is 17.2 Å². The van der Waals surface area contributed by atoms with Crippen molar-refractivity contribution in [3.8, 4) is 0 Å². The van der Waals surface area contributed by atoms with Crippen molar-refractivity contribution < 1.29 is 27.4 Å². The Hall–Kier alpha value is -1.54. The maximum absolute atomic E-state index is 14.7. The molecule has 0 aromatic heterocycles. The number of halogens is 2. The molecule has 1 heterocycles. The molecule has 1 fully saturated rings. The monoisotopic (exact) mass is 334 g/mol. The van der Waals surface area contributed by atoms with Crippen LogP contribution < -0.4 is 0 Å². The van der Waals surface area contributed by atoms with Gasteiger partial charge in [0.15, 0.2) is 0 Å². The average molecular weight is 334 g/mol. The fourth-order valence-electron chi connectivity index (χ4n) is 2.69. The fourth-order valence-corrected chi connectivity index (χ4v) is 3.47. The van der Waals surface area contributed by atoms with Gasteiger partial charge in [0, 0.05) is 35.2 Å². The van der Waals surface area contributed by atoms with Gasteiger partial charge in [-0.2, -0.15) is 0 Å². The summed E-state index contributed by atoms with van der Waals surface area (Å²) in [7, 11) is 0. The lowest BCUT2D eigenvalue weighted by Crippen LogP contribution is -2.53. The van der Waals surface area contributed by atoms with Crippen LogP contribution in [-0.2, 0) is 16.1 Å². The number of alkyl halides is 2. The van der Waals surface area contributed by atoms with Crippen molar-refractivity contribution in [2.75, 3.05) is 0 Å². The molecule has 1 saturated heterocycles. The van der Waals surface area contributed by atoms with Crippen LogP contribution in [0.5, 0.6) is 0 Å². The van der Waals surface area contributed by atoms with E-state index in [9.17, 15) is 22.3 Å². The zero-order valence-electron chi connectivity index (χ0n) is 12.3. The highest BCUT2D eigenvalue weighted by molar-refractivity contribution is 7.76. The molecule has 124 valence electrons. The first-order valence-electron chi connectivity index (χ1n) is 6.66. The van der Waals surface area contributed by atoms with Crippen molar-refractivity contribution in [2.45, 2.75) is 38.7 Å².